The number of carbonyl (C=O) groups is 2. The van der Waals surface area contributed by atoms with Crippen molar-refractivity contribution in [2.24, 2.45) is 0 Å². The lowest BCUT2D eigenvalue weighted by Crippen LogP contribution is -2.19. The van der Waals surface area contributed by atoms with E-state index in [9.17, 15) is 9.59 Å². The monoisotopic (exact) mass is 345 g/mol. The summed E-state index contributed by atoms with van der Waals surface area (Å²) in [5.41, 5.74) is 2.83. The van der Waals surface area contributed by atoms with Crippen molar-refractivity contribution in [3.05, 3.63) is 58.1 Å². The minimum atomic E-state index is -0.434. The Morgan fingerprint density at radius 2 is 2.04 bits per heavy atom. The van der Waals surface area contributed by atoms with E-state index in [0.29, 0.717) is 34.7 Å². The van der Waals surface area contributed by atoms with Crippen molar-refractivity contribution in [3.8, 4) is 5.75 Å². The molecule has 2 aromatic rings. The predicted molar refractivity (Wildman–Crippen MR) is 90.5 cm³/mol. The summed E-state index contributed by atoms with van der Waals surface area (Å²) < 4.78 is 10.6. The second-order valence-corrected chi connectivity index (χ2v) is 5.89. The smallest absolute Gasteiger partial charge is 0.338 e. The Bertz CT molecular complexity index is 804. The molecule has 0 aliphatic carbocycles. The molecule has 1 aliphatic heterocycles. The van der Waals surface area contributed by atoms with Gasteiger partial charge >= 0.3 is 5.97 Å². The second kappa shape index (κ2) is 6.93. The molecule has 0 bridgehead atoms. The summed E-state index contributed by atoms with van der Waals surface area (Å²) in [6.45, 7) is 0.0659. The van der Waals surface area contributed by atoms with Crippen molar-refractivity contribution < 1.29 is 19.1 Å². The van der Waals surface area contributed by atoms with Crippen LogP contribution in [0, 0.1) is 0 Å². The summed E-state index contributed by atoms with van der Waals surface area (Å²) in [7, 11) is 1.55. The zero-order chi connectivity index (χ0) is 17.1. The van der Waals surface area contributed by atoms with Crippen LogP contribution in [0.3, 0.4) is 0 Å². The maximum atomic E-state index is 12.3. The number of hydrogen-bond donors (Lipinski definition) is 1. The van der Waals surface area contributed by atoms with E-state index in [1.165, 1.54) is 0 Å². The molecule has 3 rings (SSSR count). The van der Waals surface area contributed by atoms with E-state index >= 15 is 0 Å². The molecule has 0 aromatic heterocycles. The fraction of sp³-hybridized carbons (Fsp3) is 0.222. The molecule has 2 aromatic carbocycles. The molecule has 5 nitrogen and oxygen atoms in total. The van der Waals surface area contributed by atoms with Crippen LogP contribution in [0.15, 0.2) is 36.4 Å². The maximum absolute atomic E-state index is 12.3. The number of aryl methyl sites for hydroxylation is 1. The molecule has 124 valence electrons. The van der Waals surface area contributed by atoms with Crippen LogP contribution in [-0.4, -0.2) is 19.0 Å². The Morgan fingerprint density at radius 3 is 2.83 bits per heavy atom. The quantitative estimate of drug-likeness (QED) is 0.860. The predicted octanol–water partition coefficient (Wildman–Crippen LogP) is 3.59. The average Bonchev–Trinajstić information content (AvgIpc) is 2.59. The van der Waals surface area contributed by atoms with Gasteiger partial charge in [0.1, 0.15) is 12.4 Å². The lowest BCUT2D eigenvalue weighted by Gasteiger charge is -2.17. The van der Waals surface area contributed by atoms with Crippen LogP contribution in [-0.2, 0) is 22.6 Å². The molecule has 0 saturated heterocycles. The number of amides is 1. The summed E-state index contributed by atoms with van der Waals surface area (Å²) in [4.78, 5) is 23.6. The van der Waals surface area contributed by atoms with Crippen LogP contribution in [0.1, 0.15) is 27.9 Å². The van der Waals surface area contributed by atoms with Gasteiger partial charge < -0.3 is 14.8 Å². The third-order valence-electron chi connectivity index (χ3n) is 3.84. The van der Waals surface area contributed by atoms with Gasteiger partial charge in [-0.05, 0) is 48.4 Å². The molecule has 1 heterocycles. The van der Waals surface area contributed by atoms with Gasteiger partial charge in [-0.2, -0.15) is 0 Å². The maximum Gasteiger partial charge on any atom is 0.338 e. The van der Waals surface area contributed by atoms with Gasteiger partial charge in [0.05, 0.1) is 12.7 Å². The Hall–Kier alpha value is -2.53. The molecule has 0 unspecified atom stereocenters. The Morgan fingerprint density at radius 1 is 1.21 bits per heavy atom. The number of benzene rings is 2. The van der Waals surface area contributed by atoms with Crippen molar-refractivity contribution in [3.63, 3.8) is 0 Å². The van der Waals surface area contributed by atoms with Crippen LogP contribution in [0.4, 0.5) is 5.69 Å². The Kier molecular flexibility index (Phi) is 4.71. The van der Waals surface area contributed by atoms with E-state index in [0.717, 1.165) is 11.3 Å². The lowest BCUT2D eigenvalue weighted by molar-refractivity contribution is -0.116. The second-order valence-electron chi connectivity index (χ2n) is 5.45. The van der Waals surface area contributed by atoms with E-state index < -0.39 is 5.97 Å². The fourth-order valence-corrected chi connectivity index (χ4v) is 2.79. The van der Waals surface area contributed by atoms with Crippen molar-refractivity contribution in [2.75, 3.05) is 12.4 Å². The number of rotatable bonds is 4. The van der Waals surface area contributed by atoms with Crippen LogP contribution >= 0.6 is 11.6 Å². The van der Waals surface area contributed by atoms with E-state index in [2.05, 4.69) is 5.32 Å². The highest BCUT2D eigenvalue weighted by Crippen LogP contribution is 2.26. The summed E-state index contributed by atoms with van der Waals surface area (Å²) in [6.07, 6.45) is 1.04. The molecule has 0 spiro atoms. The minimum absolute atomic E-state index is 0.00845. The van der Waals surface area contributed by atoms with E-state index in [1.807, 2.05) is 0 Å². The molecular weight excluding hydrogens is 330 g/mol. The van der Waals surface area contributed by atoms with Gasteiger partial charge in [-0.15, -0.1) is 0 Å². The van der Waals surface area contributed by atoms with Crippen molar-refractivity contribution in [2.45, 2.75) is 19.4 Å². The third kappa shape index (κ3) is 3.51. The van der Waals surface area contributed by atoms with Gasteiger partial charge in [-0.3, -0.25) is 4.79 Å². The number of hydrogen-bond acceptors (Lipinski definition) is 4. The van der Waals surface area contributed by atoms with E-state index in [4.69, 9.17) is 21.1 Å². The van der Waals surface area contributed by atoms with E-state index in [1.54, 1.807) is 43.5 Å². The number of nitrogens with one attached hydrogen (secondary N) is 1. The number of carbonyl (C=O) groups excluding carboxylic acids is 2. The van der Waals surface area contributed by atoms with E-state index in [-0.39, 0.29) is 12.5 Å². The van der Waals surface area contributed by atoms with Crippen LogP contribution < -0.4 is 10.1 Å². The first-order valence-corrected chi connectivity index (χ1v) is 7.87. The third-order valence-corrected chi connectivity index (χ3v) is 4.07. The number of halogens is 1. The number of esters is 1. The first kappa shape index (κ1) is 16.3. The highest BCUT2D eigenvalue weighted by Gasteiger charge is 2.17. The lowest BCUT2D eigenvalue weighted by atomic mass is 10.0. The van der Waals surface area contributed by atoms with Gasteiger partial charge in [0, 0.05) is 22.7 Å². The molecule has 1 N–H and O–H groups in total. The van der Waals surface area contributed by atoms with Crippen LogP contribution in [0.25, 0.3) is 0 Å². The number of ether oxygens (including phenoxy) is 2. The summed E-state index contributed by atoms with van der Waals surface area (Å²) in [6, 6.07) is 10.3. The first-order valence-electron chi connectivity index (χ1n) is 7.49. The molecule has 0 fully saturated rings. The Labute approximate surface area is 144 Å². The normalized spacial score (nSPS) is 13.0. The molecule has 0 radical (unpaired) electrons. The molecule has 0 saturated carbocycles. The van der Waals surface area contributed by atoms with Gasteiger partial charge in [-0.1, -0.05) is 11.6 Å². The largest absolute Gasteiger partial charge is 0.496 e. The van der Waals surface area contributed by atoms with Crippen LogP contribution in [0.5, 0.6) is 5.75 Å². The average molecular weight is 346 g/mol. The first-order chi connectivity index (χ1) is 11.6. The van der Waals surface area contributed by atoms with Crippen LogP contribution in [0.2, 0.25) is 5.02 Å². The van der Waals surface area contributed by atoms with Gasteiger partial charge in [-0.25, -0.2) is 4.79 Å². The highest BCUT2D eigenvalue weighted by atomic mass is 35.5. The van der Waals surface area contributed by atoms with Crippen molar-refractivity contribution in [1.29, 1.82) is 0 Å². The minimum Gasteiger partial charge on any atom is -0.496 e. The summed E-state index contributed by atoms with van der Waals surface area (Å²) >= 11 is 5.97. The number of anilines is 1. The molecule has 6 heteroatoms. The topological polar surface area (TPSA) is 64.6 Å². The number of methoxy groups -OCH3 is 1. The van der Waals surface area contributed by atoms with Gasteiger partial charge in [0.15, 0.2) is 0 Å². The summed E-state index contributed by atoms with van der Waals surface area (Å²) in [5.74, 6) is 0.169. The van der Waals surface area contributed by atoms with Gasteiger partial charge in [0.2, 0.25) is 5.91 Å². The summed E-state index contributed by atoms with van der Waals surface area (Å²) in [5, 5.41) is 3.33. The SMILES string of the molecule is COc1ccc(Cl)cc1COC(=O)c1ccc2c(c1)CCC(=O)N2. The molecule has 1 aliphatic rings. The van der Waals surface area contributed by atoms with Crippen molar-refractivity contribution >= 4 is 29.2 Å². The standard InChI is InChI=1S/C18H16ClNO4/c1-23-16-6-4-14(19)9-13(16)10-24-18(22)12-2-5-15-11(8-12)3-7-17(21)20-15/h2,4-6,8-9H,3,7,10H2,1H3,(H,20,21). The fourth-order valence-electron chi connectivity index (χ4n) is 2.60. The molecule has 1 amide bonds. The molecule has 24 heavy (non-hydrogen) atoms. The number of fused-ring (bicyclic) bond motifs is 1. The molecule has 0 atom stereocenters. The zero-order valence-electron chi connectivity index (χ0n) is 13.1. The zero-order valence-corrected chi connectivity index (χ0v) is 13.9. The van der Waals surface area contributed by atoms with Crippen molar-refractivity contribution in [1.82, 2.24) is 0 Å². The Balaban J connectivity index is 1.72. The molecular formula is C18H16ClNO4. The van der Waals surface area contributed by atoms with Gasteiger partial charge in [0.25, 0.3) is 0 Å². The highest BCUT2D eigenvalue weighted by molar-refractivity contribution is 6.30.